The van der Waals surface area contributed by atoms with Crippen LogP contribution in [0.5, 0.6) is 0 Å². The van der Waals surface area contributed by atoms with E-state index in [1.54, 1.807) is 11.3 Å². The van der Waals surface area contributed by atoms with Crippen LogP contribution in [-0.2, 0) is 6.54 Å². The molecule has 0 saturated heterocycles. The summed E-state index contributed by atoms with van der Waals surface area (Å²) >= 11 is 7.56. The Morgan fingerprint density at radius 3 is 2.56 bits per heavy atom. The molecule has 1 N–H and O–H groups in total. The van der Waals surface area contributed by atoms with Crippen molar-refractivity contribution in [3.8, 4) is 17.3 Å². The van der Waals surface area contributed by atoms with Gasteiger partial charge in [0.15, 0.2) is 5.82 Å². The summed E-state index contributed by atoms with van der Waals surface area (Å²) in [4.78, 5) is 5.83. The molecule has 5 nitrogen and oxygen atoms in total. The van der Waals surface area contributed by atoms with Gasteiger partial charge in [-0.3, -0.25) is 0 Å². The molecule has 0 radical (unpaired) electrons. The molecule has 2 heterocycles. The number of rotatable bonds is 4. The Morgan fingerprint density at radius 2 is 1.88 bits per heavy atom. The molecule has 0 bridgehead atoms. The van der Waals surface area contributed by atoms with Crippen LogP contribution in [0.1, 0.15) is 26.7 Å². The van der Waals surface area contributed by atoms with Gasteiger partial charge in [0.1, 0.15) is 16.6 Å². The molecule has 0 fully saturated rings. The topological polar surface area (TPSA) is 74.5 Å². The fraction of sp³-hybridized carbons (Fsp3) is 0.222. The van der Waals surface area contributed by atoms with Gasteiger partial charge in [-0.2, -0.15) is 10.4 Å². The molecular weight excluding hydrogens is 354 g/mol. The summed E-state index contributed by atoms with van der Waals surface area (Å²) in [6, 6.07) is 9.84. The number of thiazole rings is 1. The Labute approximate surface area is 155 Å². The average molecular weight is 370 g/mol. The Hall–Kier alpha value is -2.49. The van der Waals surface area contributed by atoms with Crippen molar-refractivity contribution < 1.29 is 0 Å². The van der Waals surface area contributed by atoms with E-state index in [0.29, 0.717) is 22.9 Å². The van der Waals surface area contributed by atoms with Crippen LogP contribution in [0.25, 0.3) is 11.3 Å². The van der Waals surface area contributed by atoms with E-state index >= 15 is 0 Å². The number of anilines is 1. The number of hydrogen-bond donors (Lipinski definition) is 1. The van der Waals surface area contributed by atoms with Gasteiger partial charge in [-0.15, -0.1) is 16.4 Å². The van der Waals surface area contributed by atoms with Gasteiger partial charge in [-0.25, -0.2) is 4.98 Å². The largest absolute Gasteiger partial charge is 0.361 e. The molecule has 3 rings (SSSR count). The van der Waals surface area contributed by atoms with Crippen molar-refractivity contribution in [3.63, 3.8) is 0 Å². The highest BCUT2D eigenvalue weighted by Gasteiger charge is 2.13. The second-order valence-corrected chi connectivity index (χ2v) is 7.34. The molecule has 0 spiro atoms. The minimum atomic E-state index is 0.491. The van der Waals surface area contributed by atoms with E-state index < -0.39 is 0 Å². The molecule has 0 atom stereocenters. The first-order valence-corrected chi connectivity index (χ1v) is 8.89. The molecule has 0 amide bonds. The van der Waals surface area contributed by atoms with Gasteiger partial charge in [-0.1, -0.05) is 23.7 Å². The Bertz CT molecular complexity index is 957. The smallest absolute Gasteiger partial charge is 0.167 e. The van der Waals surface area contributed by atoms with Crippen LogP contribution in [0.4, 0.5) is 5.82 Å². The summed E-state index contributed by atoms with van der Waals surface area (Å²) in [5.41, 5.74) is 4.12. The van der Waals surface area contributed by atoms with E-state index in [2.05, 4.69) is 21.6 Å². The van der Waals surface area contributed by atoms with Crippen molar-refractivity contribution >= 4 is 28.8 Å². The van der Waals surface area contributed by atoms with Crippen molar-refractivity contribution in [1.82, 2.24) is 15.2 Å². The number of nitrogens with one attached hydrogen (secondary N) is 1. The van der Waals surface area contributed by atoms with Crippen molar-refractivity contribution in [2.24, 2.45) is 0 Å². The summed E-state index contributed by atoms with van der Waals surface area (Å²) < 4.78 is 0. The molecule has 7 heteroatoms. The Balaban J connectivity index is 1.82. The number of hydrogen-bond acceptors (Lipinski definition) is 6. The van der Waals surface area contributed by atoms with Crippen LogP contribution in [0, 0.1) is 32.1 Å². The van der Waals surface area contributed by atoms with Crippen LogP contribution in [0.2, 0.25) is 5.02 Å². The lowest BCUT2D eigenvalue weighted by atomic mass is 10.1. The number of aromatic nitrogens is 3. The van der Waals surface area contributed by atoms with Crippen LogP contribution in [-0.4, -0.2) is 15.2 Å². The average Bonchev–Trinajstić information content (AvgIpc) is 2.97. The molecule has 0 aliphatic carbocycles. The van der Waals surface area contributed by atoms with Crippen molar-refractivity contribution in [2.75, 3.05) is 5.32 Å². The van der Waals surface area contributed by atoms with Gasteiger partial charge in [0, 0.05) is 15.5 Å². The van der Waals surface area contributed by atoms with E-state index in [4.69, 9.17) is 16.6 Å². The number of halogens is 1. The fourth-order valence-corrected chi connectivity index (χ4v) is 3.45. The van der Waals surface area contributed by atoms with Crippen LogP contribution in [0.3, 0.4) is 0 Å². The molecule has 0 aliphatic heterocycles. The standard InChI is InChI=1S/C18H16ClN5S/c1-10-11(2)23-24-18(15(10)8-20)21-9-16-22-17(12(3)25-16)13-4-6-14(19)7-5-13/h4-7H,9H2,1-3H3,(H,21,24). The van der Waals surface area contributed by atoms with E-state index in [-0.39, 0.29) is 0 Å². The highest BCUT2D eigenvalue weighted by Crippen LogP contribution is 2.29. The normalized spacial score (nSPS) is 10.5. The molecule has 0 saturated carbocycles. The lowest BCUT2D eigenvalue weighted by Gasteiger charge is -2.08. The summed E-state index contributed by atoms with van der Waals surface area (Å²) in [6.45, 7) is 6.25. The zero-order chi connectivity index (χ0) is 18.0. The maximum absolute atomic E-state index is 9.36. The van der Waals surface area contributed by atoms with Crippen molar-refractivity contribution in [3.05, 3.63) is 56.0 Å². The maximum Gasteiger partial charge on any atom is 0.167 e. The highest BCUT2D eigenvalue weighted by molar-refractivity contribution is 7.12. The van der Waals surface area contributed by atoms with E-state index in [1.807, 2.05) is 45.0 Å². The molecule has 3 aromatic rings. The van der Waals surface area contributed by atoms with Gasteiger partial charge in [0.05, 0.1) is 17.9 Å². The monoisotopic (exact) mass is 369 g/mol. The van der Waals surface area contributed by atoms with Crippen LogP contribution < -0.4 is 5.32 Å². The summed E-state index contributed by atoms with van der Waals surface area (Å²) in [6.07, 6.45) is 0. The van der Waals surface area contributed by atoms with Crippen molar-refractivity contribution in [2.45, 2.75) is 27.3 Å². The predicted molar refractivity (Wildman–Crippen MR) is 101 cm³/mol. The zero-order valence-corrected chi connectivity index (χ0v) is 15.7. The van der Waals surface area contributed by atoms with Gasteiger partial charge in [-0.05, 0) is 38.5 Å². The highest BCUT2D eigenvalue weighted by atomic mass is 35.5. The van der Waals surface area contributed by atoms with Gasteiger partial charge < -0.3 is 5.32 Å². The molecule has 2 aromatic heterocycles. The summed E-state index contributed by atoms with van der Waals surface area (Å²) in [5, 5.41) is 22.4. The number of nitriles is 1. The minimum absolute atomic E-state index is 0.491. The van der Waals surface area contributed by atoms with Crippen molar-refractivity contribution in [1.29, 1.82) is 5.26 Å². The fourth-order valence-electron chi connectivity index (χ4n) is 2.43. The van der Waals surface area contributed by atoms with E-state index in [9.17, 15) is 5.26 Å². The van der Waals surface area contributed by atoms with Gasteiger partial charge in [0.25, 0.3) is 0 Å². The number of nitrogens with zero attached hydrogens (tertiary/aromatic N) is 4. The van der Waals surface area contributed by atoms with Gasteiger partial charge in [0.2, 0.25) is 0 Å². The predicted octanol–water partition coefficient (Wildman–Crippen LogP) is 4.66. The van der Waals surface area contributed by atoms with Crippen LogP contribution in [0.15, 0.2) is 24.3 Å². The second kappa shape index (κ2) is 7.18. The first-order chi connectivity index (χ1) is 12.0. The quantitative estimate of drug-likeness (QED) is 0.723. The van der Waals surface area contributed by atoms with Crippen LogP contribution >= 0.6 is 22.9 Å². The third kappa shape index (κ3) is 3.63. The first-order valence-electron chi connectivity index (χ1n) is 7.69. The number of aryl methyl sites for hydroxylation is 2. The summed E-state index contributed by atoms with van der Waals surface area (Å²) in [5.74, 6) is 0.492. The molecule has 0 unspecified atom stereocenters. The Morgan fingerprint density at radius 1 is 1.16 bits per heavy atom. The van der Waals surface area contributed by atoms with E-state index in [1.165, 1.54) is 0 Å². The van der Waals surface area contributed by atoms with E-state index in [0.717, 1.165) is 32.4 Å². The molecular formula is C18H16ClN5S. The SMILES string of the molecule is Cc1nnc(NCc2nc(-c3ccc(Cl)cc3)c(C)s2)c(C#N)c1C. The first kappa shape index (κ1) is 17.3. The third-order valence-corrected chi connectivity index (χ3v) is 5.15. The molecule has 0 aliphatic rings. The minimum Gasteiger partial charge on any atom is -0.361 e. The second-order valence-electron chi connectivity index (χ2n) is 5.62. The lowest BCUT2D eigenvalue weighted by molar-refractivity contribution is 0.938. The third-order valence-electron chi connectivity index (χ3n) is 3.93. The molecule has 126 valence electrons. The summed E-state index contributed by atoms with van der Waals surface area (Å²) in [7, 11) is 0. The Kier molecular flexibility index (Phi) is 4.98. The lowest BCUT2D eigenvalue weighted by Crippen LogP contribution is -2.07. The maximum atomic E-state index is 9.36. The number of benzene rings is 1. The van der Waals surface area contributed by atoms with Gasteiger partial charge >= 0.3 is 0 Å². The molecule has 25 heavy (non-hydrogen) atoms. The zero-order valence-electron chi connectivity index (χ0n) is 14.1. The molecule has 1 aromatic carbocycles.